The molecular weight excluding hydrogens is 200 g/mol. The van der Waals surface area contributed by atoms with E-state index >= 15 is 0 Å². The molecule has 78 valence electrons. The minimum atomic E-state index is -0.297. The normalized spacial score (nSPS) is 9.93. The van der Waals surface area contributed by atoms with Gasteiger partial charge in [0.15, 0.2) is 4.88 Å². The maximum absolute atomic E-state index is 11.5. The van der Waals surface area contributed by atoms with Gasteiger partial charge in [-0.25, -0.2) is 4.79 Å². The van der Waals surface area contributed by atoms with Crippen molar-refractivity contribution in [1.29, 1.82) is 0 Å². The molecule has 14 heavy (non-hydrogen) atoms. The molecule has 1 aromatic heterocycles. The van der Waals surface area contributed by atoms with Crippen molar-refractivity contribution < 1.29 is 14.3 Å². The molecule has 0 aliphatic carbocycles. The molecule has 0 radical (unpaired) electrons. The number of thiophene rings is 1. The van der Waals surface area contributed by atoms with Crippen molar-refractivity contribution in [3.8, 4) is 5.75 Å². The van der Waals surface area contributed by atoms with E-state index in [9.17, 15) is 4.79 Å². The highest BCUT2D eigenvalue weighted by Crippen LogP contribution is 2.30. The topological polar surface area (TPSA) is 35.5 Å². The van der Waals surface area contributed by atoms with Gasteiger partial charge in [-0.1, -0.05) is 6.92 Å². The van der Waals surface area contributed by atoms with Crippen molar-refractivity contribution in [2.45, 2.75) is 20.3 Å². The summed E-state index contributed by atoms with van der Waals surface area (Å²) in [6.07, 6.45) is 0.903. The van der Waals surface area contributed by atoms with Crippen LogP contribution in [0.3, 0.4) is 0 Å². The Labute approximate surface area is 87.7 Å². The lowest BCUT2D eigenvalue weighted by molar-refractivity contribution is 0.0529. The first-order chi connectivity index (χ1) is 6.72. The molecule has 1 rings (SSSR count). The number of esters is 1. The van der Waals surface area contributed by atoms with Crippen LogP contribution in [0.25, 0.3) is 0 Å². The van der Waals surface area contributed by atoms with Crippen molar-refractivity contribution in [2.24, 2.45) is 0 Å². The van der Waals surface area contributed by atoms with Crippen LogP contribution in [-0.2, 0) is 11.2 Å². The minimum absolute atomic E-state index is 0.297. The van der Waals surface area contributed by atoms with E-state index in [-0.39, 0.29) is 5.97 Å². The lowest BCUT2D eigenvalue weighted by Crippen LogP contribution is -2.03. The van der Waals surface area contributed by atoms with Gasteiger partial charge in [-0.3, -0.25) is 0 Å². The zero-order chi connectivity index (χ0) is 10.6. The van der Waals surface area contributed by atoms with Crippen LogP contribution < -0.4 is 4.74 Å². The molecule has 0 N–H and O–H groups in total. The van der Waals surface area contributed by atoms with E-state index in [4.69, 9.17) is 9.47 Å². The SMILES string of the molecule is CCOC(=O)c1sc(CC)cc1OC. The molecule has 0 fully saturated rings. The van der Waals surface area contributed by atoms with E-state index in [0.717, 1.165) is 11.3 Å². The number of aryl methyl sites for hydroxylation is 1. The summed E-state index contributed by atoms with van der Waals surface area (Å²) in [4.78, 5) is 13.2. The van der Waals surface area contributed by atoms with Crippen molar-refractivity contribution in [3.05, 3.63) is 15.8 Å². The summed E-state index contributed by atoms with van der Waals surface area (Å²) in [5, 5.41) is 0. The van der Waals surface area contributed by atoms with E-state index in [0.29, 0.717) is 17.2 Å². The number of methoxy groups -OCH3 is 1. The molecule has 0 aliphatic rings. The number of rotatable bonds is 4. The molecule has 0 saturated heterocycles. The lowest BCUT2D eigenvalue weighted by Gasteiger charge is -2.01. The molecule has 1 heterocycles. The highest BCUT2D eigenvalue weighted by Gasteiger charge is 2.17. The Bertz CT molecular complexity index is 317. The van der Waals surface area contributed by atoms with E-state index < -0.39 is 0 Å². The summed E-state index contributed by atoms with van der Waals surface area (Å²) in [6.45, 7) is 4.22. The number of hydrogen-bond donors (Lipinski definition) is 0. The molecule has 0 aliphatic heterocycles. The van der Waals surface area contributed by atoms with Gasteiger partial charge in [0.05, 0.1) is 13.7 Å². The van der Waals surface area contributed by atoms with Gasteiger partial charge in [-0.15, -0.1) is 11.3 Å². The summed E-state index contributed by atoms with van der Waals surface area (Å²) in [5.74, 6) is 0.319. The summed E-state index contributed by atoms with van der Waals surface area (Å²) >= 11 is 1.43. The first-order valence-electron chi connectivity index (χ1n) is 4.56. The first-order valence-corrected chi connectivity index (χ1v) is 5.38. The van der Waals surface area contributed by atoms with E-state index in [1.807, 2.05) is 13.0 Å². The van der Waals surface area contributed by atoms with Gasteiger partial charge < -0.3 is 9.47 Å². The fraction of sp³-hybridized carbons (Fsp3) is 0.500. The third-order valence-electron chi connectivity index (χ3n) is 1.78. The summed E-state index contributed by atoms with van der Waals surface area (Å²) in [7, 11) is 1.56. The molecule has 4 heteroatoms. The van der Waals surface area contributed by atoms with Gasteiger partial charge in [0, 0.05) is 4.88 Å². The van der Waals surface area contributed by atoms with Crippen LogP contribution >= 0.6 is 11.3 Å². The second kappa shape index (κ2) is 5.00. The van der Waals surface area contributed by atoms with Gasteiger partial charge in [0.2, 0.25) is 0 Å². The third-order valence-corrected chi connectivity index (χ3v) is 3.02. The maximum atomic E-state index is 11.5. The molecular formula is C10H14O3S. The Morgan fingerprint density at radius 2 is 2.21 bits per heavy atom. The summed E-state index contributed by atoms with van der Waals surface area (Å²) in [6, 6.07) is 1.89. The van der Waals surface area contributed by atoms with Crippen molar-refractivity contribution in [2.75, 3.05) is 13.7 Å². The quantitative estimate of drug-likeness (QED) is 0.722. The van der Waals surface area contributed by atoms with Crippen LogP contribution in [-0.4, -0.2) is 19.7 Å². The predicted octanol–water partition coefficient (Wildman–Crippen LogP) is 2.50. The van der Waals surface area contributed by atoms with Crippen LogP contribution in [0.4, 0.5) is 0 Å². The molecule has 0 saturated carbocycles. The van der Waals surface area contributed by atoms with Crippen LogP contribution in [0.15, 0.2) is 6.07 Å². The minimum Gasteiger partial charge on any atom is -0.495 e. The van der Waals surface area contributed by atoms with Gasteiger partial charge >= 0.3 is 5.97 Å². The molecule has 0 bridgehead atoms. The fourth-order valence-corrected chi connectivity index (χ4v) is 2.04. The van der Waals surface area contributed by atoms with Gasteiger partial charge in [-0.2, -0.15) is 0 Å². The standard InChI is InChI=1S/C10H14O3S/c1-4-7-6-8(12-3)9(14-7)10(11)13-5-2/h6H,4-5H2,1-3H3. The molecule has 1 aromatic rings. The Morgan fingerprint density at radius 1 is 1.50 bits per heavy atom. The van der Waals surface area contributed by atoms with E-state index in [1.54, 1.807) is 14.0 Å². The summed E-state index contributed by atoms with van der Waals surface area (Å²) in [5.41, 5.74) is 0. The number of hydrogen-bond acceptors (Lipinski definition) is 4. The lowest BCUT2D eigenvalue weighted by atomic mass is 10.3. The largest absolute Gasteiger partial charge is 0.495 e. The van der Waals surface area contributed by atoms with Crippen LogP contribution in [0, 0.1) is 0 Å². The zero-order valence-electron chi connectivity index (χ0n) is 8.62. The Balaban J connectivity index is 2.93. The number of ether oxygens (including phenoxy) is 2. The van der Waals surface area contributed by atoms with Crippen LogP contribution in [0.1, 0.15) is 28.4 Å². The van der Waals surface area contributed by atoms with Crippen LogP contribution in [0.5, 0.6) is 5.75 Å². The van der Waals surface area contributed by atoms with Gasteiger partial charge in [-0.05, 0) is 19.4 Å². The number of carbonyl (C=O) groups is 1. The predicted molar refractivity (Wildman–Crippen MR) is 56.2 cm³/mol. The molecule has 3 nitrogen and oxygen atoms in total. The second-order valence-corrected chi connectivity index (χ2v) is 3.82. The average molecular weight is 214 g/mol. The van der Waals surface area contributed by atoms with Crippen LogP contribution in [0.2, 0.25) is 0 Å². The monoisotopic (exact) mass is 214 g/mol. The Kier molecular flexibility index (Phi) is 3.95. The first kappa shape index (κ1) is 11.0. The Hall–Kier alpha value is -1.03. The highest BCUT2D eigenvalue weighted by atomic mass is 32.1. The maximum Gasteiger partial charge on any atom is 0.352 e. The molecule has 0 unspecified atom stereocenters. The van der Waals surface area contributed by atoms with E-state index in [2.05, 4.69) is 0 Å². The molecule has 0 atom stereocenters. The smallest absolute Gasteiger partial charge is 0.352 e. The van der Waals surface area contributed by atoms with Gasteiger partial charge in [0.25, 0.3) is 0 Å². The van der Waals surface area contributed by atoms with Crippen molar-refractivity contribution in [3.63, 3.8) is 0 Å². The summed E-state index contributed by atoms with van der Waals surface area (Å²) < 4.78 is 10.0. The van der Waals surface area contributed by atoms with Crippen molar-refractivity contribution >= 4 is 17.3 Å². The Morgan fingerprint density at radius 3 is 2.71 bits per heavy atom. The number of carbonyl (C=O) groups excluding carboxylic acids is 1. The molecule has 0 spiro atoms. The van der Waals surface area contributed by atoms with E-state index in [1.165, 1.54) is 11.3 Å². The second-order valence-electron chi connectivity index (χ2n) is 2.68. The molecule has 0 amide bonds. The fourth-order valence-electron chi connectivity index (χ4n) is 1.09. The third kappa shape index (κ3) is 2.26. The zero-order valence-corrected chi connectivity index (χ0v) is 9.44. The highest BCUT2D eigenvalue weighted by molar-refractivity contribution is 7.14. The molecule has 0 aromatic carbocycles. The van der Waals surface area contributed by atoms with Crippen molar-refractivity contribution in [1.82, 2.24) is 0 Å². The van der Waals surface area contributed by atoms with Gasteiger partial charge in [0.1, 0.15) is 5.75 Å². The average Bonchev–Trinajstić information content (AvgIpc) is 2.61.